The summed E-state index contributed by atoms with van der Waals surface area (Å²) < 4.78 is 4.91. The Hall–Kier alpha value is -0.970. The monoisotopic (exact) mass is 351 g/mol. The van der Waals surface area contributed by atoms with Gasteiger partial charge in [0.1, 0.15) is 0 Å². The van der Waals surface area contributed by atoms with E-state index < -0.39 is 12.6 Å². The summed E-state index contributed by atoms with van der Waals surface area (Å²) in [4.78, 5) is 23.5. The second-order valence-corrected chi connectivity index (χ2v) is 5.74. The van der Waals surface area contributed by atoms with E-state index in [4.69, 9.17) is 39.5 Å². The van der Waals surface area contributed by atoms with Crippen LogP contribution in [0.1, 0.15) is 37.0 Å². The third-order valence-electron chi connectivity index (χ3n) is 2.71. The summed E-state index contributed by atoms with van der Waals surface area (Å²) in [6.07, 6.45) is 1.81. The number of nitrogens with one attached hydrogen (secondary N) is 1. The molecule has 0 bridgehead atoms. The predicted molar refractivity (Wildman–Crippen MR) is 84.3 cm³/mol. The van der Waals surface area contributed by atoms with E-state index in [9.17, 15) is 9.59 Å². The van der Waals surface area contributed by atoms with Crippen LogP contribution in [-0.2, 0) is 9.53 Å². The quantitative estimate of drug-likeness (QED) is 0.619. The highest BCUT2D eigenvalue weighted by atomic mass is 35.5. The van der Waals surface area contributed by atoms with Crippen molar-refractivity contribution in [1.29, 1.82) is 0 Å². The fourth-order valence-corrected chi connectivity index (χ4v) is 2.42. The van der Waals surface area contributed by atoms with E-state index in [2.05, 4.69) is 5.32 Å². The molecule has 1 N–H and O–H groups in total. The first-order valence-corrected chi connectivity index (χ1v) is 7.60. The molecule has 1 rings (SSSR count). The molecule has 0 radical (unpaired) electrons. The Bertz CT molecular complexity index is 534. The number of carbonyl (C=O) groups is 2. The van der Waals surface area contributed by atoms with Crippen LogP contribution < -0.4 is 5.32 Å². The van der Waals surface area contributed by atoms with Crippen LogP contribution in [0, 0.1) is 0 Å². The van der Waals surface area contributed by atoms with Crippen LogP contribution in [0.3, 0.4) is 0 Å². The van der Waals surface area contributed by atoms with E-state index in [1.54, 1.807) is 0 Å². The van der Waals surface area contributed by atoms with Crippen molar-refractivity contribution in [2.24, 2.45) is 0 Å². The summed E-state index contributed by atoms with van der Waals surface area (Å²) in [7, 11) is 0. The minimum absolute atomic E-state index is 0.00826. The van der Waals surface area contributed by atoms with Gasteiger partial charge in [0.05, 0.1) is 20.6 Å². The third kappa shape index (κ3) is 5.38. The van der Waals surface area contributed by atoms with Crippen LogP contribution in [-0.4, -0.2) is 24.5 Å². The summed E-state index contributed by atoms with van der Waals surface area (Å²) in [5.41, 5.74) is -0.0414. The minimum atomic E-state index is -0.786. The molecular formula is C14H16Cl3NO3. The average molecular weight is 353 g/mol. The fraction of sp³-hybridized carbons (Fsp3) is 0.429. The molecule has 116 valence electrons. The van der Waals surface area contributed by atoms with Crippen LogP contribution in [0.25, 0.3) is 0 Å². The lowest BCUT2D eigenvalue weighted by Crippen LogP contribution is -2.35. The summed E-state index contributed by atoms with van der Waals surface area (Å²) in [5, 5.41) is 3.04. The summed E-state index contributed by atoms with van der Waals surface area (Å²) >= 11 is 17.6. The van der Waals surface area contributed by atoms with Gasteiger partial charge in [-0.15, -0.1) is 0 Å². The SMILES string of the molecule is CCC[C@@H](C)NC(=O)COC(=O)c1c(Cl)ccc(Cl)c1Cl. The smallest absolute Gasteiger partial charge is 0.341 e. The number of amides is 1. The van der Waals surface area contributed by atoms with Gasteiger partial charge >= 0.3 is 5.97 Å². The van der Waals surface area contributed by atoms with Gasteiger partial charge in [0.25, 0.3) is 5.91 Å². The van der Waals surface area contributed by atoms with Crippen molar-refractivity contribution in [3.05, 3.63) is 32.8 Å². The summed E-state index contributed by atoms with van der Waals surface area (Å²) in [6.45, 7) is 3.51. The van der Waals surface area contributed by atoms with Gasteiger partial charge in [-0.25, -0.2) is 4.79 Å². The first-order valence-electron chi connectivity index (χ1n) is 6.46. The first-order chi connectivity index (χ1) is 9.86. The molecule has 1 aromatic carbocycles. The number of benzene rings is 1. The maximum Gasteiger partial charge on any atom is 0.341 e. The maximum atomic E-state index is 11.9. The number of ether oxygens (including phenoxy) is 1. The molecule has 0 aliphatic carbocycles. The fourth-order valence-electron chi connectivity index (χ4n) is 1.74. The zero-order valence-electron chi connectivity index (χ0n) is 11.7. The Kier molecular flexibility index (Phi) is 7.29. The zero-order valence-corrected chi connectivity index (χ0v) is 14.0. The standard InChI is InChI=1S/C14H16Cl3NO3/c1-3-4-8(2)18-11(19)7-21-14(20)12-9(15)5-6-10(16)13(12)17/h5-6,8H,3-4,7H2,1-2H3,(H,18,19)/t8-/m1/s1. The molecular weight excluding hydrogens is 337 g/mol. The molecule has 0 fully saturated rings. The summed E-state index contributed by atoms with van der Waals surface area (Å²) in [6, 6.07) is 2.94. The number of hydrogen-bond acceptors (Lipinski definition) is 3. The average Bonchev–Trinajstić information content (AvgIpc) is 2.41. The highest BCUT2D eigenvalue weighted by Gasteiger charge is 2.20. The highest BCUT2D eigenvalue weighted by Crippen LogP contribution is 2.31. The van der Waals surface area contributed by atoms with Crippen molar-refractivity contribution < 1.29 is 14.3 Å². The molecule has 0 saturated carbocycles. The lowest BCUT2D eigenvalue weighted by molar-refractivity contribution is -0.124. The van der Waals surface area contributed by atoms with Gasteiger partial charge in [-0.05, 0) is 25.5 Å². The zero-order chi connectivity index (χ0) is 16.0. The van der Waals surface area contributed by atoms with Crippen LogP contribution in [0.2, 0.25) is 15.1 Å². The van der Waals surface area contributed by atoms with Gasteiger partial charge < -0.3 is 10.1 Å². The van der Waals surface area contributed by atoms with E-state index >= 15 is 0 Å². The van der Waals surface area contributed by atoms with Crippen molar-refractivity contribution in [2.75, 3.05) is 6.61 Å². The molecule has 0 heterocycles. The molecule has 1 aromatic rings. The highest BCUT2D eigenvalue weighted by molar-refractivity contribution is 6.46. The van der Waals surface area contributed by atoms with E-state index in [0.29, 0.717) is 0 Å². The van der Waals surface area contributed by atoms with E-state index in [1.165, 1.54) is 12.1 Å². The molecule has 0 aliphatic rings. The van der Waals surface area contributed by atoms with Crippen molar-refractivity contribution in [3.8, 4) is 0 Å². The first kappa shape index (κ1) is 18.1. The normalized spacial score (nSPS) is 11.9. The van der Waals surface area contributed by atoms with Gasteiger partial charge in [-0.2, -0.15) is 0 Å². The largest absolute Gasteiger partial charge is 0.452 e. The van der Waals surface area contributed by atoms with Crippen LogP contribution in [0.5, 0.6) is 0 Å². The molecule has 0 aliphatic heterocycles. The van der Waals surface area contributed by atoms with Gasteiger partial charge in [-0.3, -0.25) is 4.79 Å². The van der Waals surface area contributed by atoms with E-state index in [0.717, 1.165) is 12.8 Å². The van der Waals surface area contributed by atoms with E-state index in [-0.39, 0.29) is 32.6 Å². The molecule has 0 spiro atoms. The van der Waals surface area contributed by atoms with Crippen molar-refractivity contribution in [1.82, 2.24) is 5.32 Å². The number of hydrogen-bond donors (Lipinski definition) is 1. The predicted octanol–water partition coefficient (Wildman–Crippen LogP) is 4.11. The van der Waals surface area contributed by atoms with Crippen LogP contribution in [0.15, 0.2) is 12.1 Å². The Morgan fingerprint density at radius 1 is 1.24 bits per heavy atom. The molecule has 7 heteroatoms. The molecule has 0 saturated heterocycles. The van der Waals surface area contributed by atoms with Gasteiger partial charge in [0, 0.05) is 6.04 Å². The third-order valence-corrected chi connectivity index (χ3v) is 3.83. The number of rotatable bonds is 6. The summed E-state index contributed by atoms with van der Waals surface area (Å²) in [5.74, 6) is -1.16. The van der Waals surface area contributed by atoms with Gasteiger partial charge in [0.2, 0.25) is 0 Å². The van der Waals surface area contributed by atoms with Crippen molar-refractivity contribution >= 4 is 46.7 Å². The Morgan fingerprint density at radius 3 is 2.48 bits per heavy atom. The molecule has 21 heavy (non-hydrogen) atoms. The van der Waals surface area contributed by atoms with Gasteiger partial charge in [-0.1, -0.05) is 48.1 Å². The van der Waals surface area contributed by atoms with Crippen LogP contribution >= 0.6 is 34.8 Å². The molecule has 0 unspecified atom stereocenters. The second kappa shape index (κ2) is 8.47. The number of carbonyl (C=O) groups excluding carboxylic acids is 2. The minimum Gasteiger partial charge on any atom is -0.452 e. The number of halogens is 3. The topological polar surface area (TPSA) is 55.4 Å². The van der Waals surface area contributed by atoms with Crippen molar-refractivity contribution in [2.45, 2.75) is 32.7 Å². The van der Waals surface area contributed by atoms with Crippen LogP contribution in [0.4, 0.5) is 0 Å². The lowest BCUT2D eigenvalue weighted by Gasteiger charge is -2.13. The van der Waals surface area contributed by atoms with E-state index in [1.807, 2.05) is 13.8 Å². The molecule has 0 aromatic heterocycles. The van der Waals surface area contributed by atoms with Crippen molar-refractivity contribution in [3.63, 3.8) is 0 Å². The lowest BCUT2D eigenvalue weighted by atomic mass is 10.2. The van der Waals surface area contributed by atoms with Gasteiger partial charge in [0.15, 0.2) is 6.61 Å². The Labute approximate surface area is 138 Å². The Morgan fingerprint density at radius 2 is 1.86 bits per heavy atom. The molecule has 1 atom stereocenters. The number of esters is 1. The molecule has 1 amide bonds. The maximum absolute atomic E-state index is 11.9. The Balaban J connectivity index is 2.63. The molecule has 4 nitrogen and oxygen atoms in total. The second-order valence-electron chi connectivity index (χ2n) is 4.55.